The molecule has 232 valence electrons. The van der Waals surface area contributed by atoms with Gasteiger partial charge in [0.25, 0.3) is 5.91 Å². The molecule has 0 bridgehead atoms. The molecule has 42 heavy (non-hydrogen) atoms. The fourth-order valence-corrected chi connectivity index (χ4v) is 5.73. The van der Waals surface area contributed by atoms with Gasteiger partial charge in [0, 0.05) is 24.5 Å². The highest BCUT2D eigenvalue weighted by Gasteiger charge is 2.10. The number of nitrogens with one attached hydrogen (secondary N) is 1. The van der Waals surface area contributed by atoms with Gasteiger partial charge >= 0.3 is 0 Å². The van der Waals surface area contributed by atoms with E-state index in [9.17, 15) is 4.79 Å². The lowest BCUT2D eigenvalue weighted by Crippen LogP contribution is -2.20. The second-order valence-electron chi connectivity index (χ2n) is 11.1. The highest BCUT2D eigenvalue weighted by Crippen LogP contribution is 2.31. The molecule has 0 atom stereocenters. The Bertz CT molecular complexity index is 1040. The van der Waals surface area contributed by atoms with Crippen LogP contribution in [-0.4, -0.2) is 37.0 Å². The number of ether oxygens (including phenoxy) is 3. The standard InChI is InChI=1S/C35H52N2O4S/c1-3-4-5-6-7-8-9-10-11-12-13-14-15-16-24-40-33-22-21-32(26-34(33)39-2)41-28-35(38)36-31-19-17-30(18-20-31)27-37-23-25-42-29-37/h17-23,25-26H,3-16,24,27-29H2,1-2H3,(H,36,38). The van der Waals surface area contributed by atoms with E-state index in [2.05, 4.69) is 28.7 Å². The largest absolute Gasteiger partial charge is 0.493 e. The van der Waals surface area contributed by atoms with Crippen molar-refractivity contribution in [2.75, 3.05) is 31.5 Å². The van der Waals surface area contributed by atoms with Gasteiger partial charge in [-0.3, -0.25) is 4.79 Å². The molecule has 0 aromatic heterocycles. The van der Waals surface area contributed by atoms with Crippen molar-refractivity contribution in [3.05, 3.63) is 59.6 Å². The van der Waals surface area contributed by atoms with Gasteiger partial charge in [-0.25, -0.2) is 0 Å². The number of thioether (sulfide) groups is 1. The zero-order valence-electron chi connectivity index (χ0n) is 25.9. The average molecular weight is 597 g/mol. The number of benzene rings is 2. The van der Waals surface area contributed by atoms with E-state index >= 15 is 0 Å². The van der Waals surface area contributed by atoms with E-state index in [4.69, 9.17) is 14.2 Å². The number of methoxy groups -OCH3 is 1. The number of carbonyl (C=O) groups is 1. The van der Waals surface area contributed by atoms with Crippen molar-refractivity contribution in [2.45, 2.75) is 103 Å². The van der Waals surface area contributed by atoms with Crippen LogP contribution >= 0.6 is 11.8 Å². The molecule has 0 fully saturated rings. The SMILES string of the molecule is CCCCCCCCCCCCCCCCOc1ccc(OCC(=O)Nc2ccc(CN3C=CSC3)cc2)cc1OC. The maximum absolute atomic E-state index is 12.4. The molecule has 6 nitrogen and oxygen atoms in total. The third-order valence-electron chi connectivity index (χ3n) is 7.49. The summed E-state index contributed by atoms with van der Waals surface area (Å²) in [5, 5.41) is 5.00. The summed E-state index contributed by atoms with van der Waals surface area (Å²) in [6.45, 7) is 3.73. The van der Waals surface area contributed by atoms with Crippen LogP contribution in [0.2, 0.25) is 0 Å². The second kappa shape index (κ2) is 21.0. The average Bonchev–Trinajstić information content (AvgIpc) is 3.52. The van der Waals surface area contributed by atoms with Crippen LogP contribution in [0.15, 0.2) is 54.1 Å². The number of carbonyl (C=O) groups excluding carboxylic acids is 1. The maximum Gasteiger partial charge on any atom is 0.262 e. The van der Waals surface area contributed by atoms with Crippen LogP contribution in [0.25, 0.3) is 0 Å². The van der Waals surface area contributed by atoms with Crippen LogP contribution in [0.1, 0.15) is 102 Å². The number of hydrogen-bond acceptors (Lipinski definition) is 6. The van der Waals surface area contributed by atoms with Crippen molar-refractivity contribution >= 4 is 23.4 Å². The summed E-state index contributed by atoms with van der Waals surface area (Å²) < 4.78 is 17.2. The van der Waals surface area contributed by atoms with E-state index in [0.29, 0.717) is 23.9 Å². The van der Waals surface area contributed by atoms with Crippen LogP contribution in [-0.2, 0) is 11.3 Å². The first kappa shape index (κ1) is 33.7. The van der Waals surface area contributed by atoms with Gasteiger partial charge in [-0.2, -0.15) is 0 Å². The van der Waals surface area contributed by atoms with Crippen LogP contribution in [0.3, 0.4) is 0 Å². The minimum Gasteiger partial charge on any atom is -0.493 e. The lowest BCUT2D eigenvalue weighted by Gasteiger charge is -2.15. The number of anilines is 1. The van der Waals surface area contributed by atoms with E-state index < -0.39 is 0 Å². The fraction of sp³-hybridized carbons (Fsp3) is 0.571. The van der Waals surface area contributed by atoms with E-state index in [1.807, 2.05) is 36.4 Å². The Hall–Kier alpha value is -2.80. The topological polar surface area (TPSA) is 60.0 Å². The van der Waals surface area contributed by atoms with Crippen LogP contribution < -0.4 is 19.5 Å². The molecule has 1 amide bonds. The summed E-state index contributed by atoms with van der Waals surface area (Å²) >= 11 is 1.79. The van der Waals surface area contributed by atoms with Crippen molar-refractivity contribution in [1.82, 2.24) is 4.90 Å². The molecule has 3 rings (SSSR count). The Morgan fingerprint density at radius 2 is 1.45 bits per heavy atom. The third-order valence-corrected chi connectivity index (χ3v) is 8.29. The number of amides is 1. The molecule has 0 saturated carbocycles. The molecule has 0 radical (unpaired) electrons. The van der Waals surface area contributed by atoms with Gasteiger partial charge in [0.15, 0.2) is 18.1 Å². The molecule has 0 aliphatic carbocycles. The lowest BCUT2D eigenvalue weighted by molar-refractivity contribution is -0.118. The van der Waals surface area contributed by atoms with Crippen LogP contribution in [0.4, 0.5) is 5.69 Å². The summed E-state index contributed by atoms with van der Waals surface area (Å²) in [6.07, 6.45) is 20.9. The Morgan fingerprint density at radius 3 is 2.05 bits per heavy atom. The summed E-state index contributed by atoms with van der Waals surface area (Å²) in [5.74, 6) is 2.65. The molecule has 1 aliphatic heterocycles. The predicted molar refractivity (Wildman–Crippen MR) is 177 cm³/mol. The summed E-state index contributed by atoms with van der Waals surface area (Å²) in [5.41, 5.74) is 1.96. The molecule has 2 aromatic rings. The van der Waals surface area contributed by atoms with Crippen molar-refractivity contribution in [2.24, 2.45) is 0 Å². The van der Waals surface area contributed by atoms with Gasteiger partial charge in [-0.05, 0) is 41.7 Å². The Labute approximate surface area is 258 Å². The Balaban J connectivity index is 1.23. The second-order valence-corrected chi connectivity index (χ2v) is 12.0. The molecule has 0 unspecified atom stereocenters. The molecule has 0 saturated heterocycles. The first-order valence-corrected chi connectivity index (χ1v) is 17.1. The van der Waals surface area contributed by atoms with Gasteiger partial charge in [0.1, 0.15) is 5.75 Å². The molecule has 7 heteroatoms. The number of hydrogen-bond donors (Lipinski definition) is 1. The molecular formula is C35H52N2O4S. The van der Waals surface area contributed by atoms with E-state index in [1.165, 1.54) is 89.0 Å². The van der Waals surface area contributed by atoms with E-state index in [0.717, 1.165) is 24.5 Å². The highest BCUT2D eigenvalue weighted by atomic mass is 32.2. The molecule has 1 N–H and O–H groups in total. The monoisotopic (exact) mass is 596 g/mol. The molecule has 1 heterocycles. The summed E-state index contributed by atoms with van der Waals surface area (Å²) in [6, 6.07) is 13.4. The predicted octanol–water partition coefficient (Wildman–Crippen LogP) is 9.55. The smallest absolute Gasteiger partial charge is 0.262 e. The van der Waals surface area contributed by atoms with Crippen molar-refractivity contribution < 1.29 is 19.0 Å². The Kier molecular flexibility index (Phi) is 16.8. The number of rotatable bonds is 23. The van der Waals surface area contributed by atoms with Crippen molar-refractivity contribution in [1.29, 1.82) is 0 Å². The molecule has 2 aromatic carbocycles. The van der Waals surface area contributed by atoms with Gasteiger partial charge in [-0.1, -0.05) is 103 Å². The van der Waals surface area contributed by atoms with Gasteiger partial charge in [0.05, 0.1) is 19.6 Å². The molecule has 0 spiro atoms. The maximum atomic E-state index is 12.4. The minimum absolute atomic E-state index is 0.0834. The van der Waals surface area contributed by atoms with Crippen molar-refractivity contribution in [3.63, 3.8) is 0 Å². The lowest BCUT2D eigenvalue weighted by atomic mass is 10.0. The normalized spacial score (nSPS) is 12.5. The number of nitrogens with zero attached hydrogens (tertiary/aromatic N) is 1. The van der Waals surface area contributed by atoms with Crippen LogP contribution in [0, 0.1) is 0 Å². The van der Waals surface area contributed by atoms with E-state index in [-0.39, 0.29) is 12.5 Å². The first-order valence-electron chi connectivity index (χ1n) is 16.0. The zero-order valence-corrected chi connectivity index (χ0v) is 26.7. The molecular weight excluding hydrogens is 544 g/mol. The van der Waals surface area contributed by atoms with Gasteiger partial charge in [-0.15, -0.1) is 11.8 Å². The first-order chi connectivity index (χ1) is 20.7. The van der Waals surface area contributed by atoms with Gasteiger partial charge in [0.2, 0.25) is 0 Å². The van der Waals surface area contributed by atoms with Crippen LogP contribution in [0.5, 0.6) is 17.2 Å². The minimum atomic E-state index is -0.210. The fourth-order valence-electron chi connectivity index (χ4n) is 5.02. The van der Waals surface area contributed by atoms with E-state index in [1.54, 1.807) is 24.9 Å². The highest BCUT2D eigenvalue weighted by molar-refractivity contribution is 8.02. The molecule has 1 aliphatic rings. The summed E-state index contributed by atoms with van der Waals surface area (Å²) in [7, 11) is 1.62. The Morgan fingerprint density at radius 1 is 0.810 bits per heavy atom. The quantitative estimate of drug-likeness (QED) is 0.129. The van der Waals surface area contributed by atoms with Crippen molar-refractivity contribution in [3.8, 4) is 17.2 Å². The zero-order chi connectivity index (χ0) is 29.7. The summed E-state index contributed by atoms with van der Waals surface area (Å²) in [4.78, 5) is 14.7. The third kappa shape index (κ3) is 13.9. The van der Waals surface area contributed by atoms with Gasteiger partial charge < -0.3 is 24.4 Å². The number of unbranched alkanes of at least 4 members (excludes halogenated alkanes) is 13.